The molecule has 0 N–H and O–H groups in total. The molecule has 6 nitrogen and oxygen atoms in total. The van der Waals surface area contributed by atoms with Crippen LogP contribution in [0.5, 0.6) is 11.5 Å². The van der Waals surface area contributed by atoms with Crippen molar-refractivity contribution in [2.45, 2.75) is 19.1 Å². The Morgan fingerprint density at radius 1 is 1.15 bits per heavy atom. The van der Waals surface area contributed by atoms with E-state index in [9.17, 15) is 9.59 Å². The van der Waals surface area contributed by atoms with E-state index >= 15 is 0 Å². The third-order valence-electron chi connectivity index (χ3n) is 4.02. The van der Waals surface area contributed by atoms with Crippen molar-refractivity contribution in [2.75, 3.05) is 20.3 Å². The lowest BCUT2D eigenvalue weighted by Gasteiger charge is -2.33. The van der Waals surface area contributed by atoms with Gasteiger partial charge in [0.25, 0.3) is 11.8 Å². The summed E-state index contributed by atoms with van der Waals surface area (Å²) in [6.45, 7) is 0.925. The molecule has 20 heavy (non-hydrogen) atoms. The Labute approximate surface area is 115 Å². The molecule has 6 heteroatoms. The minimum atomic E-state index is -0.189. The molecule has 0 radical (unpaired) electrons. The van der Waals surface area contributed by atoms with E-state index in [0.29, 0.717) is 22.6 Å². The van der Waals surface area contributed by atoms with Gasteiger partial charge in [-0.2, -0.15) is 0 Å². The largest absolute Gasteiger partial charge is 0.472 e. The summed E-state index contributed by atoms with van der Waals surface area (Å²) in [7, 11) is 1.68. The first-order valence-corrected chi connectivity index (χ1v) is 6.69. The molecule has 1 atom stereocenters. The maximum absolute atomic E-state index is 12.4. The second-order valence-electron chi connectivity index (χ2n) is 5.33. The average Bonchev–Trinajstić information content (AvgIpc) is 2.91. The van der Waals surface area contributed by atoms with Gasteiger partial charge < -0.3 is 19.3 Å². The Balaban J connectivity index is 1.83. The molecule has 104 valence electrons. The molecule has 3 heterocycles. The summed E-state index contributed by atoms with van der Waals surface area (Å²) >= 11 is 0. The van der Waals surface area contributed by atoms with Crippen molar-refractivity contribution < 1.29 is 19.1 Å². The molecule has 0 bridgehead atoms. The van der Waals surface area contributed by atoms with Crippen molar-refractivity contribution in [3.05, 3.63) is 23.3 Å². The predicted octanol–water partition coefficient (Wildman–Crippen LogP) is 1.06. The Kier molecular flexibility index (Phi) is 2.24. The van der Waals surface area contributed by atoms with Crippen LogP contribution in [0.1, 0.15) is 33.6 Å². The fraction of sp³-hybridized carbons (Fsp3) is 0.429. The number of benzene rings is 1. The summed E-state index contributed by atoms with van der Waals surface area (Å²) in [5.41, 5.74) is 0.941. The summed E-state index contributed by atoms with van der Waals surface area (Å²) < 4.78 is 11.4. The first kappa shape index (κ1) is 11.6. The van der Waals surface area contributed by atoms with Crippen LogP contribution in [-0.4, -0.2) is 48.2 Å². The van der Waals surface area contributed by atoms with E-state index in [0.717, 1.165) is 19.4 Å². The van der Waals surface area contributed by atoms with Crippen LogP contribution in [0.4, 0.5) is 0 Å². The minimum Gasteiger partial charge on any atom is -0.472 e. The number of fused-ring (bicyclic) bond motifs is 3. The van der Waals surface area contributed by atoms with Gasteiger partial charge in [0.2, 0.25) is 0 Å². The van der Waals surface area contributed by atoms with Crippen molar-refractivity contribution in [2.24, 2.45) is 0 Å². The van der Waals surface area contributed by atoms with Crippen molar-refractivity contribution in [3.63, 3.8) is 0 Å². The first-order chi connectivity index (χ1) is 9.65. The lowest BCUT2D eigenvalue weighted by atomic mass is 10.0. The number of carbonyl (C=O) groups is 2. The molecule has 4 rings (SSSR count). The van der Waals surface area contributed by atoms with Gasteiger partial charge in [0.1, 0.15) is 11.5 Å². The van der Waals surface area contributed by atoms with Crippen molar-refractivity contribution >= 4 is 11.8 Å². The monoisotopic (exact) mass is 274 g/mol. The molecule has 0 spiro atoms. The van der Waals surface area contributed by atoms with Gasteiger partial charge >= 0.3 is 0 Å². The van der Waals surface area contributed by atoms with Gasteiger partial charge in [-0.05, 0) is 18.6 Å². The zero-order valence-electron chi connectivity index (χ0n) is 11.1. The van der Waals surface area contributed by atoms with E-state index < -0.39 is 0 Å². The second-order valence-corrected chi connectivity index (χ2v) is 5.33. The average molecular weight is 274 g/mol. The highest BCUT2D eigenvalue weighted by atomic mass is 16.5. The number of hydrogen-bond acceptors (Lipinski definition) is 4. The van der Waals surface area contributed by atoms with E-state index in [4.69, 9.17) is 9.47 Å². The Bertz CT molecular complexity index is 628. The third kappa shape index (κ3) is 1.44. The summed E-state index contributed by atoms with van der Waals surface area (Å²) in [6.07, 6.45) is 1.60. The maximum Gasteiger partial charge on any atom is 0.260 e. The number of hydrogen-bond donors (Lipinski definition) is 0. The van der Waals surface area contributed by atoms with Gasteiger partial charge in [-0.25, -0.2) is 0 Å². The first-order valence-electron chi connectivity index (χ1n) is 6.69. The van der Waals surface area contributed by atoms with E-state index in [2.05, 4.69) is 0 Å². The molecule has 0 saturated carbocycles. The van der Waals surface area contributed by atoms with Gasteiger partial charge in [0.15, 0.2) is 13.0 Å². The lowest BCUT2D eigenvalue weighted by Crippen LogP contribution is -2.43. The number of nitrogens with zero attached hydrogens (tertiary/aromatic N) is 2. The molecular formula is C14H14N2O4. The van der Waals surface area contributed by atoms with Crippen LogP contribution in [0, 0.1) is 0 Å². The molecular weight excluding hydrogens is 260 g/mol. The van der Waals surface area contributed by atoms with Gasteiger partial charge in [-0.1, -0.05) is 0 Å². The number of carbonyl (C=O) groups excluding carboxylic acids is 2. The second kappa shape index (κ2) is 3.88. The quantitative estimate of drug-likeness (QED) is 0.710. The van der Waals surface area contributed by atoms with E-state index in [1.165, 1.54) is 4.90 Å². The van der Waals surface area contributed by atoms with E-state index in [1.807, 2.05) is 0 Å². The standard InChI is InChI=1S/C14H14N2O4/c1-15-7-19-10-5-9-11(6-8(10)13(15)17)20-12-3-2-4-16(12)14(9)18/h5-6,12H,2-4,7H2,1H3. The summed E-state index contributed by atoms with van der Waals surface area (Å²) in [6, 6.07) is 3.27. The van der Waals surface area contributed by atoms with Crippen LogP contribution >= 0.6 is 0 Å². The topological polar surface area (TPSA) is 59.1 Å². The molecule has 3 aliphatic rings. The molecule has 2 amide bonds. The van der Waals surface area contributed by atoms with E-state index in [-0.39, 0.29) is 24.8 Å². The zero-order chi connectivity index (χ0) is 13.9. The SMILES string of the molecule is CN1COc2cc3c(cc2C1=O)OC1CCCN1C3=O. The van der Waals surface area contributed by atoms with Crippen molar-refractivity contribution in [3.8, 4) is 11.5 Å². The fourth-order valence-electron chi connectivity index (χ4n) is 2.93. The fourth-order valence-corrected chi connectivity index (χ4v) is 2.93. The van der Waals surface area contributed by atoms with E-state index in [1.54, 1.807) is 24.1 Å². The Morgan fingerprint density at radius 2 is 1.90 bits per heavy atom. The predicted molar refractivity (Wildman–Crippen MR) is 68.7 cm³/mol. The smallest absolute Gasteiger partial charge is 0.260 e. The normalized spacial score (nSPS) is 23.8. The molecule has 1 saturated heterocycles. The van der Waals surface area contributed by atoms with Gasteiger partial charge in [-0.3, -0.25) is 9.59 Å². The molecule has 1 fully saturated rings. The highest BCUT2D eigenvalue weighted by molar-refractivity contribution is 6.03. The molecule has 1 aromatic carbocycles. The molecule has 0 aliphatic carbocycles. The number of ether oxygens (including phenoxy) is 2. The Hall–Kier alpha value is -2.24. The number of rotatable bonds is 0. The van der Waals surface area contributed by atoms with Crippen LogP contribution in [0.25, 0.3) is 0 Å². The highest BCUT2D eigenvalue weighted by Crippen LogP contribution is 2.38. The van der Waals surface area contributed by atoms with Crippen molar-refractivity contribution in [1.29, 1.82) is 0 Å². The van der Waals surface area contributed by atoms with Crippen LogP contribution in [-0.2, 0) is 0 Å². The third-order valence-corrected chi connectivity index (χ3v) is 4.02. The van der Waals surface area contributed by atoms with Gasteiger partial charge in [-0.15, -0.1) is 0 Å². The van der Waals surface area contributed by atoms with Crippen molar-refractivity contribution in [1.82, 2.24) is 9.80 Å². The number of amides is 2. The summed E-state index contributed by atoms with van der Waals surface area (Å²) in [5, 5.41) is 0. The summed E-state index contributed by atoms with van der Waals surface area (Å²) in [5.74, 6) is 0.802. The molecule has 0 aromatic heterocycles. The highest BCUT2D eigenvalue weighted by Gasteiger charge is 2.38. The lowest BCUT2D eigenvalue weighted by molar-refractivity contribution is 0.0286. The Morgan fingerprint density at radius 3 is 2.75 bits per heavy atom. The van der Waals surface area contributed by atoms with Gasteiger partial charge in [0, 0.05) is 20.0 Å². The van der Waals surface area contributed by atoms with Crippen LogP contribution in [0.3, 0.4) is 0 Å². The van der Waals surface area contributed by atoms with Gasteiger partial charge in [0.05, 0.1) is 11.1 Å². The zero-order valence-corrected chi connectivity index (χ0v) is 11.1. The molecule has 3 aliphatic heterocycles. The van der Waals surface area contributed by atoms with Crippen LogP contribution < -0.4 is 9.47 Å². The molecule has 1 unspecified atom stereocenters. The van der Waals surface area contributed by atoms with Crippen LogP contribution in [0.2, 0.25) is 0 Å². The molecule has 1 aromatic rings. The van der Waals surface area contributed by atoms with Crippen LogP contribution in [0.15, 0.2) is 12.1 Å². The summed E-state index contributed by atoms with van der Waals surface area (Å²) in [4.78, 5) is 27.8. The minimum absolute atomic E-state index is 0.0356. The maximum atomic E-state index is 12.4.